The van der Waals surface area contributed by atoms with Crippen molar-refractivity contribution in [2.24, 2.45) is 0 Å². The number of nitrogens with one attached hydrogen (secondary N) is 1. The molecule has 2 aromatic heterocycles. The van der Waals surface area contributed by atoms with Gasteiger partial charge in [0.25, 0.3) is 5.91 Å². The van der Waals surface area contributed by atoms with Crippen molar-refractivity contribution < 1.29 is 13.7 Å². The molecule has 32 heavy (non-hydrogen) atoms. The Balaban J connectivity index is 1.33. The lowest BCUT2D eigenvalue weighted by molar-refractivity contribution is 0.102. The van der Waals surface area contributed by atoms with Crippen LogP contribution in [0.1, 0.15) is 47.1 Å². The topological polar surface area (TPSA) is 85.8 Å². The number of carbonyl (C=O) groups is 1. The highest BCUT2D eigenvalue weighted by Gasteiger charge is 2.25. The Hall–Kier alpha value is -3.52. The average molecular weight is 452 g/mol. The average Bonchev–Trinajstić information content (AvgIpc) is 3.37. The molecule has 1 saturated carbocycles. The first-order chi connectivity index (χ1) is 15.5. The Morgan fingerprint density at radius 2 is 2.00 bits per heavy atom. The number of hydrogen-bond acceptors (Lipinski definition) is 5. The van der Waals surface area contributed by atoms with E-state index < -0.39 is 5.82 Å². The molecule has 162 valence electrons. The molecule has 2 heterocycles. The van der Waals surface area contributed by atoms with Gasteiger partial charge in [0.05, 0.1) is 22.0 Å². The van der Waals surface area contributed by atoms with Crippen LogP contribution in [0.5, 0.6) is 0 Å². The van der Waals surface area contributed by atoms with E-state index in [1.807, 2.05) is 24.3 Å². The van der Waals surface area contributed by atoms with Gasteiger partial charge in [-0.25, -0.2) is 9.07 Å². The molecule has 1 aliphatic carbocycles. The zero-order valence-corrected chi connectivity index (χ0v) is 17.9. The molecule has 1 fully saturated rings. The Bertz CT molecular complexity index is 1290. The van der Waals surface area contributed by atoms with Crippen LogP contribution in [0.15, 0.2) is 53.2 Å². The van der Waals surface area contributed by atoms with E-state index >= 15 is 0 Å². The predicted molar refractivity (Wildman–Crippen MR) is 118 cm³/mol. The monoisotopic (exact) mass is 451 g/mol. The third-order valence-electron chi connectivity index (χ3n) is 5.61. The molecule has 1 amide bonds. The van der Waals surface area contributed by atoms with Gasteiger partial charge >= 0.3 is 0 Å². The van der Waals surface area contributed by atoms with Crippen molar-refractivity contribution in [1.82, 2.24) is 19.9 Å². The van der Waals surface area contributed by atoms with Gasteiger partial charge in [-0.15, -0.1) is 0 Å². The zero-order valence-electron chi connectivity index (χ0n) is 17.2. The van der Waals surface area contributed by atoms with Gasteiger partial charge in [-0.1, -0.05) is 23.2 Å². The van der Waals surface area contributed by atoms with E-state index in [0.717, 1.165) is 24.1 Å². The molecule has 5 rings (SSSR count). The number of carbonyl (C=O) groups excluding carboxylic acids is 1. The molecule has 0 unspecified atom stereocenters. The number of anilines is 1. The molecular weight excluding hydrogens is 433 g/mol. The summed E-state index contributed by atoms with van der Waals surface area (Å²) in [6, 6.07) is 11.6. The quantitative estimate of drug-likeness (QED) is 0.430. The van der Waals surface area contributed by atoms with Crippen molar-refractivity contribution in [2.45, 2.75) is 32.1 Å². The molecular formula is C23H19ClFN5O2. The maximum Gasteiger partial charge on any atom is 0.259 e. The second-order valence-corrected chi connectivity index (χ2v) is 8.19. The molecule has 4 aromatic rings. The summed E-state index contributed by atoms with van der Waals surface area (Å²) in [6.07, 6.45) is 5.05. The number of benzene rings is 2. The lowest BCUT2D eigenvalue weighted by atomic mass is 9.85. The lowest BCUT2D eigenvalue weighted by Crippen LogP contribution is -2.12. The van der Waals surface area contributed by atoms with Gasteiger partial charge in [-0.3, -0.25) is 4.79 Å². The highest BCUT2D eigenvalue weighted by molar-refractivity contribution is 6.31. The molecule has 1 aliphatic rings. The van der Waals surface area contributed by atoms with Gasteiger partial charge in [-0.05, 0) is 62.2 Å². The number of aryl methyl sites for hydroxylation is 1. The van der Waals surface area contributed by atoms with Crippen molar-refractivity contribution in [3.05, 3.63) is 76.6 Å². The van der Waals surface area contributed by atoms with Crippen LogP contribution < -0.4 is 5.32 Å². The van der Waals surface area contributed by atoms with E-state index in [2.05, 4.69) is 20.6 Å². The smallest absolute Gasteiger partial charge is 0.259 e. The number of rotatable bonds is 5. The number of amides is 1. The van der Waals surface area contributed by atoms with Crippen molar-refractivity contribution in [1.29, 1.82) is 0 Å². The number of hydrogen-bond donors (Lipinski definition) is 1. The Labute approximate surface area is 188 Å². The molecule has 0 atom stereocenters. The minimum atomic E-state index is -0.544. The largest absolute Gasteiger partial charge is 0.339 e. The first-order valence-electron chi connectivity index (χ1n) is 10.2. The van der Waals surface area contributed by atoms with Crippen LogP contribution in [0.2, 0.25) is 5.02 Å². The summed E-state index contributed by atoms with van der Waals surface area (Å²) in [4.78, 5) is 17.2. The Morgan fingerprint density at radius 3 is 2.69 bits per heavy atom. The van der Waals surface area contributed by atoms with E-state index in [0.29, 0.717) is 34.6 Å². The molecule has 0 spiro atoms. The van der Waals surface area contributed by atoms with Crippen LogP contribution in [-0.2, 0) is 0 Å². The van der Waals surface area contributed by atoms with Crippen LogP contribution in [0, 0.1) is 12.7 Å². The van der Waals surface area contributed by atoms with Gasteiger partial charge in [0, 0.05) is 23.4 Å². The van der Waals surface area contributed by atoms with Crippen molar-refractivity contribution in [2.75, 3.05) is 5.32 Å². The van der Waals surface area contributed by atoms with Crippen molar-refractivity contribution in [3.63, 3.8) is 0 Å². The minimum absolute atomic E-state index is 0.0586. The lowest BCUT2D eigenvalue weighted by Gasteiger charge is -2.20. The summed E-state index contributed by atoms with van der Waals surface area (Å²) in [7, 11) is 0. The molecule has 0 bridgehead atoms. The number of aromatic nitrogens is 4. The van der Waals surface area contributed by atoms with Gasteiger partial charge < -0.3 is 9.84 Å². The Morgan fingerprint density at radius 1 is 1.22 bits per heavy atom. The first kappa shape index (κ1) is 20.4. The maximum absolute atomic E-state index is 13.3. The highest BCUT2D eigenvalue weighted by atomic mass is 35.5. The number of nitrogens with zero attached hydrogens (tertiary/aromatic N) is 4. The molecule has 0 radical (unpaired) electrons. The summed E-state index contributed by atoms with van der Waals surface area (Å²) in [5, 5.41) is 11.2. The fourth-order valence-corrected chi connectivity index (χ4v) is 3.70. The third-order valence-corrected chi connectivity index (χ3v) is 5.90. The summed E-state index contributed by atoms with van der Waals surface area (Å²) in [6.45, 7) is 1.75. The molecule has 9 heteroatoms. The normalized spacial score (nSPS) is 13.7. The van der Waals surface area contributed by atoms with Crippen molar-refractivity contribution in [3.8, 4) is 17.1 Å². The van der Waals surface area contributed by atoms with Crippen LogP contribution in [-0.4, -0.2) is 25.8 Å². The molecule has 0 saturated heterocycles. The third kappa shape index (κ3) is 3.89. The van der Waals surface area contributed by atoms with Gasteiger partial charge in [0.15, 0.2) is 0 Å². The second-order valence-electron chi connectivity index (χ2n) is 7.79. The molecule has 0 aliphatic heterocycles. The second kappa shape index (κ2) is 8.20. The van der Waals surface area contributed by atoms with Crippen LogP contribution in [0.3, 0.4) is 0 Å². The highest BCUT2D eigenvalue weighted by Crippen LogP contribution is 2.36. The molecule has 7 nitrogen and oxygen atoms in total. The fourth-order valence-electron chi connectivity index (χ4n) is 3.52. The zero-order chi connectivity index (χ0) is 22.2. The molecule has 1 N–H and O–H groups in total. The summed E-state index contributed by atoms with van der Waals surface area (Å²) in [5.41, 5.74) is 2.99. The SMILES string of the molecule is Cc1nn(-c2ccc(-c3noc(C4CCC4)n3)cc2)cc1C(=O)Nc1ccc(F)c(Cl)c1. The van der Waals surface area contributed by atoms with E-state index in [4.69, 9.17) is 16.1 Å². The van der Waals surface area contributed by atoms with Gasteiger partial charge in [-0.2, -0.15) is 10.1 Å². The van der Waals surface area contributed by atoms with Crippen LogP contribution >= 0.6 is 11.6 Å². The maximum atomic E-state index is 13.3. The van der Waals surface area contributed by atoms with E-state index in [9.17, 15) is 9.18 Å². The van der Waals surface area contributed by atoms with E-state index in [-0.39, 0.29) is 10.9 Å². The minimum Gasteiger partial charge on any atom is -0.339 e. The summed E-state index contributed by atoms with van der Waals surface area (Å²) in [5.74, 6) is 0.753. The number of halogens is 2. The van der Waals surface area contributed by atoms with E-state index in [1.165, 1.54) is 24.6 Å². The first-order valence-corrected chi connectivity index (χ1v) is 10.6. The van der Waals surface area contributed by atoms with Crippen LogP contribution in [0.4, 0.5) is 10.1 Å². The van der Waals surface area contributed by atoms with E-state index in [1.54, 1.807) is 17.8 Å². The summed E-state index contributed by atoms with van der Waals surface area (Å²) < 4.78 is 20.4. The van der Waals surface area contributed by atoms with Crippen molar-refractivity contribution >= 4 is 23.2 Å². The Kier molecular flexibility index (Phi) is 5.22. The molecule has 2 aromatic carbocycles. The fraction of sp³-hybridized carbons (Fsp3) is 0.217. The van der Waals surface area contributed by atoms with Crippen LogP contribution in [0.25, 0.3) is 17.1 Å². The predicted octanol–water partition coefficient (Wildman–Crippen LogP) is 5.54. The van der Waals surface area contributed by atoms with Gasteiger partial charge in [0.1, 0.15) is 5.82 Å². The summed E-state index contributed by atoms with van der Waals surface area (Å²) >= 11 is 5.79. The van der Waals surface area contributed by atoms with Gasteiger partial charge in [0.2, 0.25) is 11.7 Å². The standard InChI is InChI=1S/C23H19ClFN5O2/c1-13-18(22(31)26-16-7-10-20(25)19(24)11-16)12-30(28-13)17-8-5-14(6-9-17)21-27-23(32-29-21)15-3-2-4-15/h5-12,15H,2-4H2,1H3,(H,26,31).